The first-order chi connectivity index (χ1) is 8.58. The van der Waals surface area contributed by atoms with Gasteiger partial charge in [-0.3, -0.25) is 4.79 Å². The van der Waals surface area contributed by atoms with Crippen LogP contribution in [0.2, 0.25) is 0 Å². The first-order valence-corrected chi connectivity index (χ1v) is 6.38. The molecule has 1 unspecified atom stereocenters. The Kier molecular flexibility index (Phi) is 3.91. The molecular weight excluding hydrogens is 230 g/mol. The molecular formula is C13H21N3O2. The van der Waals surface area contributed by atoms with Crippen LogP contribution >= 0.6 is 0 Å². The number of nitrogen functional groups attached to an aromatic ring is 1. The Labute approximate surface area is 107 Å². The van der Waals surface area contributed by atoms with Gasteiger partial charge in [-0.05, 0) is 31.7 Å². The maximum atomic E-state index is 12.1. The van der Waals surface area contributed by atoms with Crippen LogP contribution in [0.5, 0.6) is 0 Å². The summed E-state index contributed by atoms with van der Waals surface area (Å²) in [6.07, 6.45) is 3.77. The lowest BCUT2D eigenvalue weighted by Gasteiger charge is -2.28. The second-order valence-corrected chi connectivity index (χ2v) is 4.98. The fourth-order valence-corrected chi connectivity index (χ4v) is 2.43. The summed E-state index contributed by atoms with van der Waals surface area (Å²) in [5.41, 5.74) is 6.89. The zero-order chi connectivity index (χ0) is 13.1. The quantitative estimate of drug-likeness (QED) is 0.846. The zero-order valence-corrected chi connectivity index (χ0v) is 11.0. The van der Waals surface area contributed by atoms with Crippen LogP contribution in [0.25, 0.3) is 0 Å². The van der Waals surface area contributed by atoms with Crippen molar-refractivity contribution >= 4 is 11.6 Å². The van der Waals surface area contributed by atoms with Crippen molar-refractivity contribution in [2.45, 2.75) is 25.8 Å². The Morgan fingerprint density at radius 1 is 1.56 bits per heavy atom. The minimum atomic E-state index is -0.0619. The van der Waals surface area contributed by atoms with Crippen molar-refractivity contribution in [1.29, 1.82) is 0 Å². The van der Waals surface area contributed by atoms with E-state index in [9.17, 15) is 4.79 Å². The van der Waals surface area contributed by atoms with E-state index in [1.54, 1.807) is 16.8 Å². The van der Waals surface area contributed by atoms with Crippen LogP contribution < -0.4 is 11.1 Å². The van der Waals surface area contributed by atoms with Crippen LogP contribution in [-0.2, 0) is 11.8 Å². The van der Waals surface area contributed by atoms with Crippen molar-refractivity contribution in [2.24, 2.45) is 13.0 Å². The van der Waals surface area contributed by atoms with Crippen molar-refractivity contribution in [3.05, 3.63) is 18.0 Å². The Bertz CT molecular complexity index is 422. The number of nitrogens with zero attached hydrogens (tertiary/aromatic N) is 1. The molecule has 0 spiro atoms. The number of nitrogens with one attached hydrogen (secondary N) is 1. The van der Waals surface area contributed by atoms with Crippen molar-refractivity contribution in [1.82, 2.24) is 9.88 Å². The minimum Gasteiger partial charge on any atom is -0.397 e. The third-order valence-electron chi connectivity index (χ3n) is 3.59. The fourth-order valence-electron chi connectivity index (χ4n) is 2.43. The van der Waals surface area contributed by atoms with Gasteiger partial charge in [-0.2, -0.15) is 0 Å². The second kappa shape index (κ2) is 5.44. The lowest BCUT2D eigenvalue weighted by molar-refractivity contribution is 0.0537. The van der Waals surface area contributed by atoms with E-state index >= 15 is 0 Å². The normalized spacial score (nSPS) is 18.6. The number of carbonyl (C=O) groups excluding carboxylic acids is 1. The molecule has 5 nitrogen and oxygen atoms in total. The van der Waals surface area contributed by atoms with Gasteiger partial charge in [0.15, 0.2) is 0 Å². The van der Waals surface area contributed by atoms with Gasteiger partial charge in [0.2, 0.25) is 0 Å². The standard InChI is InChI=1S/C13H21N3O2/c1-9(10-3-5-18-6-4-10)15-13(17)12-7-11(14)8-16(12)2/h7-10H,3-6,14H2,1-2H3,(H,15,17). The molecule has 0 aromatic carbocycles. The molecule has 1 fully saturated rings. The van der Waals surface area contributed by atoms with Gasteiger partial charge < -0.3 is 20.4 Å². The van der Waals surface area contributed by atoms with E-state index in [2.05, 4.69) is 12.2 Å². The monoisotopic (exact) mass is 251 g/mol. The molecule has 18 heavy (non-hydrogen) atoms. The molecule has 0 saturated carbocycles. The van der Waals surface area contributed by atoms with Crippen molar-refractivity contribution in [3.63, 3.8) is 0 Å². The molecule has 2 heterocycles. The van der Waals surface area contributed by atoms with Crippen LogP contribution in [0.3, 0.4) is 0 Å². The molecule has 1 saturated heterocycles. The Balaban J connectivity index is 1.96. The number of aromatic nitrogens is 1. The molecule has 0 radical (unpaired) electrons. The summed E-state index contributed by atoms with van der Waals surface area (Å²) >= 11 is 0. The summed E-state index contributed by atoms with van der Waals surface area (Å²) in [5, 5.41) is 3.05. The first-order valence-electron chi connectivity index (χ1n) is 6.38. The molecule has 2 rings (SSSR count). The molecule has 1 amide bonds. The number of hydrogen-bond donors (Lipinski definition) is 2. The Morgan fingerprint density at radius 2 is 2.22 bits per heavy atom. The van der Waals surface area contributed by atoms with E-state index < -0.39 is 0 Å². The van der Waals surface area contributed by atoms with E-state index in [0.717, 1.165) is 26.1 Å². The predicted octanol–water partition coefficient (Wildman–Crippen LogP) is 1.15. The maximum absolute atomic E-state index is 12.1. The van der Waals surface area contributed by atoms with Crippen LogP contribution in [0, 0.1) is 5.92 Å². The molecule has 1 aliphatic rings. The van der Waals surface area contributed by atoms with Crippen molar-refractivity contribution < 1.29 is 9.53 Å². The number of hydrogen-bond acceptors (Lipinski definition) is 3. The molecule has 1 atom stereocenters. The molecule has 5 heteroatoms. The third kappa shape index (κ3) is 2.85. The third-order valence-corrected chi connectivity index (χ3v) is 3.59. The van der Waals surface area contributed by atoms with E-state index in [-0.39, 0.29) is 11.9 Å². The first kappa shape index (κ1) is 13.0. The van der Waals surface area contributed by atoms with Crippen molar-refractivity contribution in [2.75, 3.05) is 18.9 Å². The van der Waals surface area contributed by atoms with Crippen LogP contribution in [0.4, 0.5) is 5.69 Å². The number of anilines is 1. The number of amides is 1. The van der Waals surface area contributed by atoms with Gasteiger partial charge in [-0.1, -0.05) is 0 Å². The van der Waals surface area contributed by atoms with Gasteiger partial charge in [0.1, 0.15) is 5.69 Å². The van der Waals surface area contributed by atoms with Gasteiger partial charge in [0.25, 0.3) is 5.91 Å². The van der Waals surface area contributed by atoms with Crippen LogP contribution in [-0.4, -0.2) is 29.7 Å². The number of ether oxygens (including phenoxy) is 1. The molecule has 100 valence electrons. The zero-order valence-electron chi connectivity index (χ0n) is 11.0. The van der Waals surface area contributed by atoms with Gasteiger partial charge in [0, 0.05) is 32.5 Å². The molecule has 0 bridgehead atoms. The number of aryl methyl sites for hydroxylation is 1. The highest BCUT2D eigenvalue weighted by atomic mass is 16.5. The summed E-state index contributed by atoms with van der Waals surface area (Å²) in [5.74, 6) is 0.438. The van der Waals surface area contributed by atoms with Crippen LogP contribution in [0.15, 0.2) is 12.3 Å². The second-order valence-electron chi connectivity index (χ2n) is 4.98. The average Bonchev–Trinajstić information content (AvgIpc) is 2.69. The van der Waals surface area contributed by atoms with E-state index in [1.807, 2.05) is 7.05 Å². The predicted molar refractivity (Wildman–Crippen MR) is 70.3 cm³/mol. The van der Waals surface area contributed by atoms with Crippen molar-refractivity contribution in [3.8, 4) is 0 Å². The van der Waals surface area contributed by atoms with Crippen LogP contribution in [0.1, 0.15) is 30.3 Å². The average molecular weight is 251 g/mol. The molecule has 1 aromatic rings. The number of rotatable bonds is 3. The van der Waals surface area contributed by atoms with Gasteiger partial charge >= 0.3 is 0 Å². The molecule has 1 aliphatic heterocycles. The Morgan fingerprint density at radius 3 is 2.78 bits per heavy atom. The maximum Gasteiger partial charge on any atom is 0.268 e. The highest BCUT2D eigenvalue weighted by Crippen LogP contribution is 2.19. The summed E-state index contributed by atoms with van der Waals surface area (Å²) in [7, 11) is 1.82. The van der Waals surface area contributed by atoms with E-state index in [1.165, 1.54) is 0 Å². The largest absolute Gasteiger partial charge is 0.397 e. The van der Waals surface area contributed by atoms with Gasteiger partial charge in [0.05, 0.1) is 5.69 Å². The summed E-state index contributed by atoms with van der Waals surface area (Å²) < 4.78 is 7.08. The lowest BCUT2D eigenvalue weighted by Crippen LogP contribution is -2.40. The van der Waals surface area contributed by atoms with Gasteiger partial charge in [-0.25, -0.2) is 0 Å². The molecule has 1 aromatic heterocycles. The minimum absolute atomic E-state index is 0.0619. The van der Waals surface area contributed by atoms with Gasteiger partial charge in [-0.15, -0.1) is 0 Å². The van der Waals surface area contributed by atoms with E-state index in [4.69, 9.17) is 10.5 Å². The molecule has 3 N–H and O–H groups in total. The highest BCUT2D eigenvalue weighted by molar-refractivity contribution is 5.93. The Hall–Kier alpha value is -1.49. The fraction of sp³-hybridized carbons (Fsp3) is 0.615. The SMILES string of the molecule is CC(NC(=O)c1cc(N)cn1C)C1CCOCC1. The highest BCUT2D eigenvalue weighted by Gasteiger charge is 2.23. The summed E-state index contributed by atoms with van der Waals surface area (Å²) in [6.45, 7) is 3.64. The van der Waals surface area contributed by atoms with E-state index in [0.29, 0.717) is 17.3 Å². The number of carbonyl (C=O) groups is 1. The topological polar surface area (TPSA) is 69.3 Å². The number of nitrogens with two attached hydrogens (primary N) is 1. The smallest absolute Gasteiger partial charge is 0.268 e. The summed E-state index contributed by atoms with van der Waals surface area (Å²) in [4.78, 5) is 12.1. The molecule has 0 aliphatic carbocycles. The summed E-state index contributed by atoms with van der Waals surface area (Å²) in [6, 6.07) is 1.86. The lowest BCUT2D eigenvalue weighted by atomic mass is 9.93.